The van der Waals surface area contributed by atoms with Gasteiger partial charge >= 0.3 is 0 Å². The van der Waals surface area contributed by atoms with E-state index in [0.29, 0.717) is 39.3 Å². The van der Waals surface area contributed by atoms with E-state index in [4.69, 9.17) is 4.74 Å². The molecule has 0 unspecified atom stereocenters. The van der Waals surface area contributed by atoms with Gasteiger partial charge in [-0.25, -0.2) is 4.98 Å². The first kappa shape index (κ1) is 16.1. The highest BCUT2D eigenvalue weighted by atomic mass is 32.1. The summed E-state index contributed by atoms with van der Waals surface area (Å²) in [6, 6.07) is 5.86. The van der Waals surface area contributed by atoms with Crippen LogP contribution in [-0.2, 0) is 9.59 Å². The van der Waals surface area contributed by atoms with Gasteiger partial charge in [0.15, 0.2) is 5.13 Å². The number of piperazine rings is 1. The molecule has 132 valence electrons. The van der Waals surface area contributed by atoms with Crippen LogP contribution in [0.3, 0.4) is 0 Å². The highest BCUT2D eigenvalue weighted by Crippen LogP contribution is 2.35. The molecule has 25 heavy (non-hydrogen) atoms. The lowest BCUT2D eigenvalue weighted by Gasteiger charge is -2.42. The van der Waals surface area contributed by atoms with Gasteiger partial charge in [0, 0.05) is 39.3 Å². The molecule has 1 aromatic carbocycles. The van der Waals surface area contributed by atoms with Crippen LogP contribution in [0.2, 0.25) is 0 Å². The molecule has 1 aromatic heterocycles. The molecular formula is C17H20N4O3S. The molecule has 0 saturated carbocycles. The zero-order chi connectivity index (χ0) is 17.4. The molecule has 2 aliphatic heterocycles. The number of methoxy groups -OCH3 is 1. The van der Waals surface area contributed by atoms with E-state index in [1.54, 1.807) is 23.3 Å². The monoisotopic (exact) mass is 360 g/mol. The summed E-state index contributed by atoms with van der Waals surface area (Å²) in [5.41, 5.74) is 0.959. The van der Waals surface area contributed by atoms with Crippen LogP contribution < -0.4 is 9.64 Å². The summed E-state index contributed by atoms with van der Waals surface area (Å²) in [7, 11) is 1.66. The molecule has 2 fully saturated rings. The minimum Gasteiger partial charge on any atom is -0.497 e. The first-order chi connectivity index (χ1) is 12.2. The molecule has 2 saturated heterocycles. The second-order valence-corrected chi connectivity index (χ2v) is 7.41. The maximum atomic E-state index is 12.6. The van der Waals surface area contributed by atoms with Gasteiger partial charge in [-0.3, -0.25) is 9.59 Å². The summed E-state index contributed by atoms with van der Waals surface area (Å²) in [6.07, 6.45) is 0.856. The summed E-state index contributed by atoms with van der Waals surface area (Å²) in [6.45, 7) is 3.95. The number of aromatic nitrogens is 1. The van der Waals surface area contributed by atoms with Crippen molar-refractivity contribution in [1.82, 2.24) is 14.8 Å². The standard InChI is InChI=1S/C17H20N4O3S/c1-24-13-2-3-14-15(8-13)25-17(18-14)21-9-12(10-21)16(23)20-6-4-19(11-22)5-7-20/h2-3,8,11-12H,4-7,9-10H2,1H3. The van der Waals surface area contributed by atoms with Crippen LogP contribution in [0.25, 0.3) is 10.2 Å². The van der Waals surface area contributed by atoms with Crippen LogP contribution in [0.15, 0.2) is 18.2 Å². The van der Waals surface area contributed by atoms with Crippen LogP contribution in [0.5, 0.6) is 5.75 Å². The number of rotatable bonds is 4. The van der Waals surface area contributed by atoms with E-state index >= 15 is 0 Å². The fourth-order valence-electron chi connectivity index (χ4n) is 3.25. The molecule has 4 rings (SSSR count). The summed E-state index contributed by atoms with van der Waals surface area (Å²) >= 11 is 1.63. The molecule has 0 aliphatic carbocycles. The van der Waals surface area contributed by atoms with E-state index in [-0.39, 0.29) is 11.8 Å². The van der Waals surface area contributed by atoms with Crippen molar-refractivity contribution in [2.75, 3.05) is 51.3 Å². The zero-order valence-electron chi connectivity index (χ0n) is 14.1. The average Bonchev–Trinajstić information content (AvgIpc) is 3.02. The zero-order valence-corrected chi connectivity index (χ0v) is 14.9. The first-order valence-corrected chi connectivity index (χ1v) is 9.17. The number of anilines is 1. The number of thiazole rings is 1. The smallest absolute Gasteiger partial charge is 0.229 e. The molecule has 0 bridgehead atoms. The van der Waals surface area contributed by atoms with Crippen LogP contribution in [-0.4, -0.2) is 73.5 Å². The van der Waals surface area contributed by atoms with E-state index in [0.717, 1.165) is 27.5 Å². The predicted molar refractivity (Wildman–Crippen MR) is 96.1 cm³/mol. The van der Waals surface area contributed by atoms with Crippen molar-refractivity contribution < 1.29 is 14.3 Å². The third-order valence-corrected chi connectivity index (χ3v) is 5.94. The van der Waals surface area contributed by atoms with Crippen LogP contribution >= 0.6 is 11.3 Å². The minimum atomic E-state index is 0.0318. The lowest BCUT2D eigenvalue weighted by Crippen LogP contribution is -2.57. The molecule has 2 aliphatic rings. The van der Waals surface area contributed by atoms with E-state index in [1.807, 2.05) is 23.1 Å². The number of hydrogen-bond acceptors (Lipinski definition) is 6. The third-order valence-electron chi connectivity index (χ3n) is 4.86. The molecule has 3 heterocycles. The van der Waals surface area contributed by atoms with E-state index < -0.39 is 0 Å². The highest BCUT2D eigenvalue weighted by molar-refractivity contribution is 7.22. The van der Waals surface area contributed by atoms with Gasteiger partial charge in [0.1, 0.15) is 5.75 Å². The summed E-state index contributed by atoms with van der Waals surface area (Å²) in [4.78, 5) is 33.7. The topological polar surface area (TPSA) is 66.0 Å². The van der Waals surface area contributed by atoms with Gasteiger partial charge in [-0.1, -0.05) is 11.3 Å². The Labute approximate surface area is 149 Å². The quantitative estimate of drug-likeness (QED) is 0.763. The molecular weight excluding hydrogens is 340 g/mol. The van der Waals surface area contributed by atoms with Gasteiger partial charge in [0.25, 0.3) is 0 Å². The molecule has 0 atom stereocenters. The van der Waals surface area contributed by atoms with Crippen molar-refractivity contribution in [3.8, 4) is 5.75 Å². The van der Waals surface area contributed by atoms with Gasteiger partial charge in [-0.2, -0.15) is 0 Å². The lowest BCUT2D eigenvalue weighted by atomic mass is 9.99. The van der Waals surface area contributed by atoms with Crippen LogP contribution in [0, 0.1) is 5.92 Å². The number of nitrogens with zero attached hydrogens (tertiary/aromatic N) is 4. The molecule has 0 spiro atoms. The van der Waals surface area contributed by atoms with Crippen molar-refractivity contribution in [2.45, 2.75) is 0 Å². The van der Waals surface area contributed by atoms with Crippen molar-refractivity contribution >= 4 is 39.0 Å². The number of amides is 2. The Kier molecular flexibility index (Phi) is 4.20. The van der Waals surface area contributed by atoms with Crippen molar-refractivity contribution in [1.29, 1.82) is 0 Å². The van der Waals surface area contributed by atoms with Crippen LogP contribution in [0.4, 0.5) is 5.13 Å². The van der Waals surface area contributed by atoms with E-state index in [2.05, 4.69) is 9.88 Å². The number of carbonyl (C=O) groups is 2. The average molecular weight is 360 g/mol. The minimum absolute atomic E-state index is 0.0318. The number of benzene rings is 1. The Bertz CT molecular complexity index is 794. The Balaban J connectivity index is 1.37. The molecule has 7 nitrogen and oxygen atoms in total. The third kappa shape index (κ3) is 3.02. The van der Waals surface area contributed by atoms with Crippen LogP contribution in [0.1, 0.15) is 0 Å². The fraction of sp³-hybridized carbons (Fsp3) is 0.471. The van der Waals surface area contributed by atoms with Crippen molar-refractivity contribution in [2.24, 2.45) is 5.92 Å². The Morgan fingerprint density at radius 1 is 1.28 bits per heavy atom. The molecule has 0 radical (unpaired) electrons. The lowest BCUT2D eigenvalue weighted by molar-refractivity contribution is -0.139. The second-order valence-electron chi connectivity index (χ2n) is 6.40. The molecule has 8 heteroatoms. The molecule has 2 amide bonds. The van der Waals surface area contributed by atoms with Gasteiger partial charge in [-0.15, -0.1) is 0 Å². The Morgan fingerprint density at radius 2 is 2.04 bits per heavy atom. The van der Waals surface area contributed by atoms with Gasteiger partial charge in [-0.05, 0) is 18.2 Å². The van der Waals surface area contributed by atoms with Crippen molar-refractivity contribution in [3.05, 3.63) is 18.2 Å². The maximum Gasteiger partial charge on any atom is 0.229 e. The summed E-state index contributed by atoms with van der Waals surface area (Å²) < 4.78 is 6.35. The van der Waals surface area contributed by atoms with E-state index in [1.165, 1.54) is 0 Å². The Morgan fingerprint density at radius 3 is 2.72 bits per heavy atom. The largest absolute Gasteiger partial charge is 0.497 e. The number of fused-ring (bicyclic) bond motifs is 1. The molecule has 2 aromatic rings. The van der Waals surface area contributed by atoms with E-state index in [9.17, 15) is 9.59 Å². The number of carbonyl (C=O) groups excluding carboxylic acids is 2. The second kappa shape index (κ2) is 6.51. The molecule has 0 N–H and O–H groups in total. The normalized spacial score (nSPS) is 18.4. The first-order valence-electron chi connectivity index (χ1n) is 8.35. The van der Waals surface area contributed by atoms with Crippen molar-refractivity contribution in [3.63, 3.8) is 0 Å². The Hall–Kier alpha value is -2.35. The maximum absolute atomic E-state index is 12.6. The number of hydrogen-bond donors (Lipinski definition) is 0. The number of ether oxygens (including phenoxy) is 1. The summed E-state index contributed by atoms with van der Waals surface area (Å²) in [5, 5.41) is 0.957. The highest BCUT2D eigenvalue weighted by Gasteiger charge is 2.37. The predicted octanol–water partition coefficient (Wildman–Crippen LogP) is 1.04. The fourth-order valence-corrected chi connectivity index (χ4v) is 4.26. The SMILES string of the molecule is COc1ccc2nc(N3CC(C(=O)N4CCN(C=O)CC4)C3)sc2c1. The van der Waals surface area contributed by atoms with Gasteiger partial charge in [0.2, 0.25) is 12.3 Å². The summed E-state index contributed by atoms with van der Waals surface area (Å²) in [5.74, 6) is 1.06. The van der Waals surface area contributed by atoms with Gasteiger partial charge < -0.3 is 19.4 Å². The van der Waals surface area contributed by atoms with Gasteiger partial charge in [0.05, 0.1) is 23.2 Å².